The number of hydrogen-bond acceptors (Lipinski definition) is 5. The van der Waals surface area contributed by atoms with E-state index in [0.717, 1.165) is 0 Å². The second kappa shape index (κ2) is 11.1. The van der Waals surface area contributed by atoms with Crippen LogP contribution in [0.4, 0.5) is 0 Å². The number of ether oxygens (including phenoxy) is 3. The van der Waals surface area contributed by atoms with Gasteiger partial charge in [0.2, 0.25) is 0 Å². The summed E-state index contributed by atoms with van der Waals surface area (Å²) < 4.78 is 21.5. The lowest BCUT2D eigenvalue weighted by molar-refractivity contribution is -0.0923. The zero-order chi connectivity index (χ0) is 14.0. The Kier molecular flexibility index (Phi) is 11.2. The van der Waals surface area contributed by atoms with Crippen LogP contribution in [0.1, 0.15) is 27.7 Å². The third-order valence-corrected chi connectivity index (χ3v) is 2.48. The molecule has 0 saturated carbocycles. The smallest absolute Gasteiger partial charge is 0.0785 e. The van der Waals surface area contributed by atoms with E-state index < -0.39 is 0 Å². The Hall–Kier alpha value is 0.230. The Morgan fingerprint density at radius 2 is 1.33 bits per heavy atom. The van der Waals surface area contributed by atoms with Gasteiger partial charge in [-0.2, -0.15) is 0 Å². The van der Waals surface area contributed by atoms with E-state index in [0.29, 0.717) is 19.8 Å². The molecule has 0 aliphatic carbocycles. The highest BCUT2D eigenvalue weighted by Gasteiger charge is 2.11. The maximum absolute atomic E-state index is 8.86. The molecule has 18 heavy (non-hydrogen) atoms. The topological polar surface area (TPSA) is 57.2 Å². The van der Waals surface area contributed by atoms with E-state index in [1.54, 1.807) is 0 Å². The molecule has 0 aromatic heterocycles. The summed E-state index contributed by atoms with van der Waals surface area (Å²) >= 11 is 0. The van der Waals surface area contributed by atoms with Crippen LogP contribution in [-0.4, -0.2) is 55.9 Å². The van der Waals surface area contributed by atoms with Crippen LogP contribution in [0.2, 0.25) is 0 Å². The van der Waals surface area contributed by atoms with Crippen LogP contribution < -0.4 is 0 Å². The SMILES string of the molecule is CC(COP)OCC(C)OCC(C)OC(C)CO. The van der Waals surface area contributed by atoms with Gasteiger partial charge in [0, 0.05) is 9.47 Å². The fourth-order valence-electron chi connectivity index (χ4n) is 1.31. The molecule has 0 bridgehead atoms. The minimum absolute atomic E-state index is 0.00689. The molecule has 0 aliphatic rings. The van der Waals surface area contributed by atoms with Gasteiger partial charge in [-0.05, 0) is 27.7 Å². The van der Waals surface area contributed by atoms with Gasteiger partial charge in [-0.25, -0.2) is 0 Å². The van der Waals surface area contributed by atoms with E-state index in [9.17, 15) is 0 Å². The first-order valence-electron chi connectivity index (χ1n) is 6.30. The van der Waals surface area contributed by atoms with Crippen LogP contribution in [0, 0.1) is 0 Å². The van der Waals surface area contributed by atoms with Crippen molar-refractivity contribution < 1.29 is 23.8 Å². The van der Waals surface area contributed by atoms with Crippen molar-refractivity contribution in [3.05, 3.63) is 0 Å². The van der Waals surface area contributed by atoms with E-state index in [4.69, 9.17) is 23.8 Å². The lowest BCUT2D eigenvalue weighted by Gasteiger charge is -2.21. The molecule has 0 amide bonds. The summed E-state index contributed by atoms with van der Waals surface area (Å²) in [7, 11) is 2.20. The van der Waals surface area contributed by atoms with Crippen LogP contribution in [0.3, 0.4) is 0 Å². The predicted molar refractivity (Wildman–Crippen MR) is 73.6 cm³/mol. The molecule has 5 nitrogen and oxygen atoms in total. The molecule has 1 N–H and O–H groups in total. The quantitative estimate of drug-likeness (QED) is 0.580. The molecule has 0 aliphatic heterocycles. The van der Waals surface area contributed by atoms with E-state index in [1.165, 1.54) is 0 Å². The summed E-state index contributed by atoms with van der Waals surface area (Å²) in [4.78, 5) is 0. The normalized spacial score (nSPS) is 18.3. The zero-order valence-corrected chi connectivity index (χ0v) is 13.0. The van der Waals surface area contributed by atoms with Crippen molar-refractivity contribution in [3.8, 4) is 0 Å². The van der Waals surface area contributed by atoms with Gasteiger partial charge in [0.15, 0.2) is 0 Å². The number of aliphatic hydroxyl groups is 1. The van der Waals surface area contributed by atoms with Crippen molar-refractivity contribution in [3.63, 3.8) is 0 Å². The molecule has 0 heterocycles. The largest absolute Gasteiger partial charge is 0.394 e. The molecule has 0 aromatic carbocycles. The Labute approximate surface area is 112 Å². The fourth-order valence-corrected chi connectivity index (χ4v) is 1.58. The standard InChI is InChI=1S/C12H27O5P/c1-9(5-13)17-12(4)7-15-10(2)6-14-11(3)8-16-18/h9-13H,5-8,18H2,1-4H3. The molecule has 5 atom stereocenters. The second-order valence-electron chi connectivity index (χ2n) is 4.56. The summed E-state index contributed by atoms with van der Waals surface area (Å²) in [5, 5.41) is 8.86. The van der Waals surface area contributed by atoms with Crippen molar-refractivity contribution in [2.75, 3.05) is 26.4 Å². The van der Waals surface area contributed by atoms with Gasteiger partial charge < -0.3 is 23.8 Å². The third kappa shape index (κ3) is 10.2. The molecule has 0 spiro atoms. The number of aliphatic hydroxyl groups excluding tert-OH is 1. The van der Waals surface area contributed by atoms with E-state index in [1.807, 2.05) is 27.7 Å². The molecule has 5 unspecified atom stereocenters. The highest BCUT2D eigenvalue weighted by Crippen LogP contribution is 2.03. The van der Waals surface area contributed by atoms with Crippen LogP contribution in [0.15, 0.2) is 0 Å². The number of rotatable bonds is 11. The van der Waals surface area contributed by atoms with Crippen LogP contribution in [0.25, 0.3) is 0 Å². The lowest BCUT2D eigenvalue weighted by Crippen LogP contribution is -2.28. The van der Waals surface area contributed by atoms with Crippen LogP contribution >= 0.6 is 9.47 Å². The average molecular weight is 282 g/mol. The van der Waals surface area contributed by atoms with E-state index >= 15 is 0 Å². The van der Waals surface area contributed by atoms with Crippen LogP contribution in [-0.2, 0) is 18.7 Å². The average Bonchev–Trinajstić information content (AvgIpc) is 2.34. The summed E-state index contributed by atoms with van der Waals surface area (Å²) in [6.45, 7) is 9.24. The van der Waals surface area contributed by atoms with Gasteiger partial charge in [0.05, 0.1) is 50.8 Å². The van der Waals surface area contributed by atoms with Gasteiger partial charge in [-0.15, -0.1) is 0 Å². The van der Waals surface area contributed by atoms with Gasteiger partial charge in [0.25, 0.3) is 0 Å². The number of hydrogen-bond donors (Lipinski definition) is 1. The van der Waals surface area contributed by atoms with Crippen molar-refractivity contribution in [2.45, 2.75) is 52.1 Å². The summed E-state index contributed by atoms with van der Waals surface area (Å²) in [5.41, 5.74) is 0. The van der Waals surface area contributed by atoms with Gasteiger partial charge in [-0.3, -0.25) is 0 Å². The Morgan fingerprint density at radius 1 is 0.833 bits per heavy atom. The first kappa shape index (κ1) is 18.2. The molecule has 0 rings (SSSR count). The highest BCUT2D eigenvalue weighted by atomic mass is 31.0. The molecule has 110 valence electrons. The zero-order valence-electron chi connectivity index (χ0n) is 11.8. The Balaban J connectivity index is 3.60. The van der Waals surface area contributed by atoms with Gasteiger partial charge in [-0.1, -0.05) is 0 Å². The second-order valence-corrected chi connectivity index (χ2v) is 4.89. The van der Waals surface area contributed by atoms with Crippen molar-refractivity contribution in [1.29, 1.82) is 0 Å². The van der Waals surface area contributed by atoms with Crippen molar-refractivity contribution in [2.24, 2.45) is 0 Å². The van der Waals surface area contributed by atoms with E-state index in [-0.39, 0.29) is 31.0 Å². The summed E-state index contributed by atoms with van der Waals surface area (Å²) in [5.74, 6) is 0. The molecular formula is C12H27O5P. The van der Waals surface area contributed by atoms with E-state index in [2.05, 4.69) is 9.47 Å². The third-order valence-electron chi connectivity index (χ3n) is 2.28. The molecular weight excluding hydrogens is 255 g/mol. The Morgan fingerprint density at radius 3 is 1.83 bits per heavy atom. The monoisotopic (exact) mass is 282 g/mol. The van der Waals surface area contributed by atoms with Gasteiger partial charge >= 0.3 is 0 Å². The maximum atomic E-state index is 8.86. The molecule has 0 radical (unpaired) electrons. The Bertz CT molecular complexity index is 193. The summed E-state index contributed by atoms with van der Waals surface area (Å²) in [6.07, 6.45) is -0.138. The molecule has 6 heteroatoms. The fraction of sp³-hybridized carbons (Fsp3) is 1.00. The predicted octanol–water partition coefficient (Wildman–Crippen LogP) is 1.39. The minimum Gasteiger partial charge on any atom is -0.394 e. The van der Waals surface area contributed by atoms with Crippen LogP contribution in [0.5, 0.6) is 0 Å². The first-order chi connectivity index (χ1) is 8.49. The molecule has 0 aromatic rings. The van der Waals surface area contributed by atoms with Gasteiger partial charge in [0.1, 0.15) is 0 Å². The molecule has 0 saturated heterocycles. The highest BCUT2D eigenvalue weighted by molar-refractivity contribution is 7.09. The lowest BCUT2D eigenvalue weighted by atomic mass is 10.3. The maximum Gasteiger partial charge on any atom is 0.0785 e. The van der Waals surface area contributed by atoms with Crippen molar-refractivity contribution in [1.82, 2.24) is 0 Å². The molecule has 0 fully saturated rings. The first-order valence-corrected chi connectivity index (χ1v) is 6.77. The minimum atomic E-state index is -0.158. The van der Waals surface area contributed by atoms with Crippen molar-refractivity contribution >= 4 is 9.47 Å². The summed E-state index contributed by atoms with van der Waals surface area (Å²) in [6, 6.07) is 0.